The molecule has 0 heterocycles. The largest absolute Gasteiger partial charge is 0.389 e. The second-order valence-corrected chi connectivity index (χ2v) is 5.45. The Hall–Kier alpha value is -0.290. The molecule has 5 heteroatoms. The average Bonchev–Trinajstić information content (AvgIpc) is 2.31. The minimum atomic E-state index is -4.09. The summed E-state index contributed by atoms with van der Waals surface area (Å²) in [4.78, 5) is 0. The summed E-state index contributed by atoms with van der Waals surface area (Å²) in [6, 6.07) is -0.225. The van der Waals surface area contributed by atoms with Crippen molar-refractivity contribution in [3.63, 3.8) is 0 Å². The molecular formula is C13H24F3NO. The minimum absolute atomic E-state index is 0.0855. The van der Waals surface area contributed by atoms with Crippen molar-refractivity contribution in [2.45, 2.75) is 63.3 Å². The first-order chi connectivity index (χ1) is 8.33. The van der Waals surface area contributed by atoms with Gasteiger partial charge in [0, 0.05) is 19.6 Å². The molecule has 1 aliphatic carbocycles. The monoisotopic (exact) mass is 267 g/mol. The zero-order chi connectivity index (χ0) is 13.8. The number of halogens is 3. The maximum atomic E-state index is 12.3. The third-order valence-electron chi connectivity index (χ3n) is 4.23. The quantitative estimate of drug-likeness (QED) is 0.823. The molecule has 1 rings (SSSR count). The first-order valence-corrected chi connectivity index (χ1v) is 6.62. The minimum Gasteiger partial charge on any atom is -0.377 e. The van der Waals surface area contributed by atoms with Crippen molar-refractivity contribution in [1.29, 1.82) is 0 Å². The summed E-state index contributed by atoms with van der Waals surface area (Å²) in [5.41, 5.74) is -0.424. The SMILES string of the molecule is CNC(CCC(F)(F)F)C1(OC)CCC(C)CC1. The van der Waals surface area contributed by atoms with Crippen LogP contribution in [0.25, 0.3) is 0 Å². The first kappa shape index (κ1) is 15.8. The van der Waals surface area contributed by atoms with Gasteiger partial charge in [0.05, 0.1) is 5.60 Å². The molecule has 0 aromatic carbocycles. The predicted molar refractivity (Wildman–Crippen MR) is 65.5 cm³/mol. The van der Waals surface area contributed by atoms with Crippen molar-refractivity contribution >= 4 is 0 Å². The van der Waals surface area contributed by atoms with E-state index in [0.717, 1.165) is 25.7 Å². The standard InChI is InChI=1S/C13H24F3NO/c1-10-4-7-12(18-3,8-5-10)11(17-2)6-9-13(14,15)16/h10-11,17H,4-9H2,1-3H3. The third kappa shape index (κ3) is 4.12. The smallest absolute Gasteiger partial charge is 0.377 e. The first-order valence-electron chi connectivity index (χ1n) is 6.62. The molecular weight excluding hydrogens is 243 g/mol. The highest BCUT2D eigenvalue weighted by atomic mass is 19.4. The van der Waals surface area contributed by atoms with Crippen LogP contribution >= 0.6 is 0 Å². The van der Waals surface area contributed by atoms with Crippen LogP contribution in [0.2, 0.25) is 0 Å². The predicted octanol–water partition coefficient (Wildman–Crippen LogP) is 3.51. The molecule has 108 valence electrons. The molecule has 0 aromatic rings. The summed E-state index contributed by atoms with van der Waals surface area (Å²) >= 11 is 0. The van der Waals surface area contributed by atoms with Gasteiger partial charge in [-0.25, -0.2) is 0 Å². The summed E-state index contributed by atoms with van der Waals surface area (Å²) in [6.07, 6.45) is -1.02. The Morgan fingerprint density at radius 2 is 1.89 bits per heavy atom. The molecule has 0 radical (unpaired) electrons. The van der Waals surface area contributed by atoms with Gasteiger partial charge in [0.2, 0.25) is 0 Å². The Labute approximate surface area is 107 Å². The molecule has 18 heavy (non-hydrogen) atoms. The van der Waals surface area contributed by atoms with Crippen LogP contribution in [0.5, 0.6) is 0 Å². The number of methoxy groups -OCH3 is 1. The van der Waals surface area contributed by atoms with Gasteiger partial charge in [0.1, 0.15) is 0 Å². The Morgan fingerprint density at radius 3 is 2.28 bits per heavy atom. The fourth-order valence-corrected chi connectivity index (χ4v) is 2.92. The van der Waals surface area contributed by atoms with E-state index in [0.29, 0.717) is 5.92 Å². The van der Waals surface area contributed by atoms with Gasteiger partial charge in [-0.15, -0.1) is 0 Å². The normalized spacial score (nSPS) is 31.3. The topological polar surface area (TPSA) is 21.3 Å². The van der Waals surface area contributed by atoms with Gasteiger partial charge in [0.25, 0.3) is 0 Å². The van der Waals surface area contributed by atoms with Crippen molar-refractivity contribution < 1.29 is 17.9 Å². The van der Waals surface area contributed by atoms with Crippen LogP contribution in [0.15, 0.2) is 0 Å². The van der Waals surface area contributed by atoms with E-state index in [1.807, 2.05) is 0 Å². The highest BCUT2D eigenvalue weighted by Crippen LogP contribution is 2.39. The highest BCUT2D eigenvalue weighted by Gasteiger charge is 2.42. The molecule has 1 atom stereocenters. The number of ether oxygens (including phenoxy) is 1. The average molecular weight is 267 g/mol. The summed E-state index contributed by atoms with van der Waals surface area (Å²) in [5.74, 6) is 0.647. The van der Waals surface area contributed by atoms with E-state index in [9.17, 15) is 13.2 Å². The van der Waals surface area contributed by atoms with E-state index in [1.54, 1.807) is 14.2 Å². The Bertz CT molecular complexity index is 247. The molecule has 0 bridgehead atoms. The number of hydrogen-bond acceptors (Lipinski definition) is 2. The van der Waals surface area contributed by atoms with Gasteiger partial charge in [-0.1, -0.05) is 6.92 Å². The van der Waals surface area contributed by atoms with E-state index in [2.05, 4.69) is 12.2 Å². The number of likely N-dealkylation sites (N-methyl/N-ethyl adjacent to an activating group) is 1. The van der Waals surface area contributed by atoms with Crippen LogP contribution in [0.1, 0.15) is 45.4 Å². The lowest BCUT2D eigenvalue weighted by molar-refractivity contribution is -0.143. The molecule has 0 amide bonds. The van der Waals surface area contributed by atoms with E-state index in [-0.39, 0.29) is 12.5 Å². The van der Waals surface area contributed by atoms with Crippen LogP contribution in [-0.2, 0) is 4.74 Å². The molecule has 1 aliphatic rings. The van der Waals surface area contributed by atoms with Gasteiger partial charge in [-0.2, -0.15) is 13.2 Å². The van der Waals surface area contributed by atoms with Crippen LogP contribution in [-0.4, -0.2) is 32.0 Å². The van der Waals surface area contributed by atoms with E-state index in [1.165, 1.54) is 0 Å². The van der Waals surface area contributed by atoms with Crippen molar-refractivity contribution in [1.82, 2.24) is 5.32 Å². The molecule has 2 nitrogen and oxygen atoms in total. The second-order valence-electron chi connectivity index (χ2n) is 5.45. The maximum Gasteiger partial charge on any atom is 0.389 e. The van der Waals surface area contributed by atoms with Gasteiger partial charge in [0.15, 0.2) is 0 Å². The summed E-state index contributed by atoms with van der Waals surface area (Å²) in [7, 11) is 3.34. The lowest BCUT2D eigenvalue weighted by Gasteiger charge is -2.44. The second kappa shape index (κ2) is 6.24. The highest BCUT2D eigenvalue weighted by molar-refractivity contribution is 4.96. The van der Waals surface area contributed by atoms with Crippen molar-refractivity contribution in [3.8, 4) is 0 Å². The van der Waals surface area contributed by atoms with Gasteiger partial charge >= 0.3 is 6.18 Å². The van der Waals surface area contributed by atoms with Gasteiger partial charge in [-0.05, 0) is 45.1 Å². The molecule has 0 aromatic heterocycles. The Balaban J connectivity index is 2.65. The van der Waals surface area contributed by atoms with Crippen LogP contribution in [0.3, 0.4) is 0 Å². The molecule has 1 saturated carbocycles. The zero-order valence-corrected chi connectivity index (χ0v) is 11.4. The molecule has 0 spiro atoms. The van der Waals surface area contributed by atoms with Gasteiger partial charge in [-0.3, -0.25) is 0 Å². The molecule has 1 fully saturated rings. The van der Waals surface area contributed by atoms with E-state index in [4.69, 9.17) is 4.74 Å². The van der Waals surface area contributed by atoms with E-state index >= 15 is 0 Å². The van der Waals surface area contributed by atoms with Crippen molar-refractivity contribution in [3.05, 3.63) is 0 Å². The van der Waals surface area contributed by atoms with Gasteiger partial charge < -0.3 is 10.1 Å². The third-order valence-corrected chi connectivity index (χ3v) is 4.23. The lowest BCUT2D eigenvalue weighted by Crippen LogP contribution is -2.53. The zero-order valence-electron chi connectivity index (χ0n) is 11.4. The fourth-order valence-electron chi connectivity index (χ4n) is 2.92. The number of rotatable bonds is 5. The maximum absolute atomic E-state index is 12.3. The molecule has 1 N–H and O–H groups in total. The summed E-state index contributed by atoms with van der Waals surface area (Å²) < 4.78 is 42.6. The number of alkyl halides is 3. The molecule has 0 saturated heterocycles. The Morgan fingerprint density at radius 1 is 1.33 bits per heavy atom. The number of hydrogen-bond donors (Lipinski definition) is 1. The number of nitrogens with one attached hydrogen (secondary N) is 1. The lowest BCUT2D eigenvalue weighted by atomic mass is 9.74. The Kier molecular flexibility index (Phi) is 5.46. The molecule has 1 unspecified atom stereocenters. The fraction of sp³-hybridized carbons (Fsp3) is 1.00. The summed E-state index contributed by atoms with van der Waals surface area (Å²) in [6.45, 7) is 2.18. The van der Waals surface area contributed by atoms with Crippen LogP contribution < -0.4 is 5.32 Å². The summed E-state index contributed by atoms with van der Waals surface area (Å²) in [5, 5.41) is 3.03. The van der Waals surface area contributed by atoms with Crippen molar-refractivity contribution in [2.75, 3.05) is 14.2 Å². The van der Waals surface area contributed by atoms with Crippen molar-refractivity contribution in [2.24, 2.45) is 5.92 Å². The van der Waals surface area contributed by atoms with Crippen LogP contribution in [0, 0.1) is 5.92 Å². The van der Waals surface area contributed by atoms with Crippen LogP contribution in [0.4, 0.5) is 13.2 Å². The van der Waals surface area contributed by atoms with E-state index < -0.39 is 18.2 Å². The molecule has 0 aliphatic heterocycles.